The molecule has 0 radical (unpaired) electrons. The number of nitrogens with two attached hydrogens (primary N) is 1. The Bertz CT molecular complexity index is 720. The first-order valence-corrected chi connectivity index (χ1v) is 8.91. The number of nitrogens with one attached hydrogen (secondary N) is 1. The first-order valence-electron chi connectivity index (χ1n) is 8.10. The molecule has 0 fully saturated rings. The lowest BCUT2D eigenvalue weighted by Crippen LogP contribution is -2.43. The molecule has 0 saturated carbocycles. The molecule has 0 saturated heterocycles. The number of carbonyl (C=O) groups is 2. The van der Waals surface area contributed by atoms with Gasteiger partial charge in [-0.3, -0.25) is 14.5 Å². The second kappa shape index (κ2) is 9.25. The van der Waals surface area contributed by atoms with Gasteiger partial charge in [-0.05, 0) is 38.1 Å². The summed E-state index contributed by atoms with van der Waals surface area (Å²) in [7, 11) is 0. The number of benzene rings is 2. The van der Waals surface area contributed by atoms with E-state index in [9.17, 15) is 9.59 Å². The summed E-state index contributed by atoms with van der Waals surface area (Å²) in [6.07, 6.45) is 0. The third-order valence-electron chi connectivity index (χ3n) is 3.57. The summed E-state index contributed by atoms with van der Waals surface area (Å²) in [6, 6.07) is 17.7. The Morgan fingerprint density at radius 2 is 1.68 bits per heavy atom. The summed E-state index contributed by atoms with van der Waals surface area (Å²) in [4.78, 5) is 27.4. The van der Waals surface area contributed by atoms with Gasteiger partial charge in [0.05, 0.1) is 18.8 Å². The topological polar surface area (TPSA) is 75.4 Å². The fourth-order valence-electron chi connectivity index (χ4n) is 2.27. The van der Waals surface area contributed by atoms with Crippen LogP contribution in [-0.2, 0) is 9.59 Å². The number of carbonyl (C=O) groups excluding carboxylic acids is 2. The van der Waals surface area contributed by atoms with Crippen LogP contribution in [0.1, 0.15) is 13.8 Å². The molecule has 0 aliphatic rings. The van der Waals surface area contributed by atoms with Crippen LogP contribution < -0.4 is 11.1 Å². The Labute approximate surface area is 152 Å². The van der Waals surface area contributed by atoms with Crippen LogP contribution in [0.5, 0.6) is 0 Å². The van der Waals surface area contributed by atoms with Crippen LogP contribution in [0.3, 0.4) is 0 Å². The summed E-state index contributed by atoms with van der Waals surface area (Å²) in [6.45, 7) is 4.03. The van der Waals surface area contributed by atoms with Crippen LogP contribution in [0.15, 0.2) is 64.4 Å². The highest BCUT2D eigenvalue weighted by molar-refractivity contribution is 7.99. The first-order chi connectivity index (χ1) is 12.0. The molecule has 6 heteroatoms. The average Bonchev–Trinajstić information content (AvgIpc) is 2.56. The molecule has 25 heavy (non-hydrogen) atoms. The highest BCUT2D eigenvalue weighted by Crippen LogP contribution is 2.33. The molecule has 0 aromatic heterocycles. The zero-order chi connectivity index (χ0) is 18.2. The number of para-hydroxylation sites is 1. The van der Waals surface area contributed by atoms with Crippen LogP contribution >= 0.6 is 11.8 Å². The Morgan fingerprint density at radius 3 is 2.32 bits per heavy atom. The molecule has 2 aromatic rings. The predicted octanol–water partition coefficient (Wildman–Crippen LogP) is 2.97. The van der Waals surface area contributed by atoms with Crippen molar-refractivity contribution in [2.75, 3.05) is 18.4 Å². The minimum atomic E-state index is -0.443. The predicted molar refractivity (Wildman–Crippen MR) is 102 cm³/mol. The Morgan fingerprint density at radius 1 is 1.04 bits per heavy atom. The largest absolute Gasteiger partial charge is 0.369 e. The summed E-state index contributed by atoms with van der Waals surface area (Å²) in [5, 5.41) is 2.94. The van der Waals surface area contributed by atoms with E-state index in [0.717, 1.165) is 15.5 Å². The molecule has 5 nitrogen and oxygen atoms in total. The van der Waals surface area contributed by atoms with E-state index >= 15 is 0 Å². The van der Waals surface area contributed by atoms with E-state index in [1.807, 2.05) is 68.4 Å². The standard InChI is InChI=1S/C19H23N3O2S/c1-14(2)22(12-18(20)23)13-19(24)21-16-10-6-7-11-17(16)25-15-8-4-3-5-9-15/h3-11,14H,12-13H2,1-2H3,(H2,20,23)(H,21,24). The highest BCUT2D eigenvalue weighted by Gasteiger charge is 2.17. The molecule has 0 atom stereocenters. The number of rotatable bonds is 8. The van der Waals surface area contributed by atoms with Crippen LogP contribution in [0.4, 0.5) is 5.69 Å². The van der Waals surface area contributed by atoms with Crippen molar-refractivity contribution in [3.8, 4) is 0 Å². The molecule has 3 N–H and O–H groups in total. The monoisotopic (exact) mass is 357 g/mol. The number of nitrogens with zero attached hydrogens (tertiary/aromatic N) is 1. The summed E-state index contributed by atoms with van der Waals surface area (Å²) in [5.74, 6) is -0.613. The van der Waals surface area contributed by atoms with Gasteiger partial charge >= 0.3 is 0 Å². The fourth-order valence-corrected chi connectivity index (χ4v) is 3.19. The SMILES string of the molecule is CC(C)N(CC(N)=O)CC(=O)Nc1ccccc1Sc1ccccc1. The maximum atomic E-state index is 12.4. The molecule has 0 unspecified atom stereocenters. The van der Waals surface area contributed by atoms with Crippen molar-refractivity contribution < 1.29 is 9.59 Å². The molecule has 2 rings (SSSR count). The van der Waals surface area contributed by atoms with E-state index < -0.39 is 5.91 Å². The maximum Gasteiger partial charge on any atom is 0.238 e. The summed E-state index contributed by atoms with van der Waals surface area (Å²) >= 11 is 1.59. The Kier molecular flexibility index (Phi) is 7.03. The first kappa shape index (κ1) is 19.0. The molecule has 132 valence electrons. The Hall–Kier alpha value is -2.31. The number of amides is 2. The van der Waals surface area contributed by atoms with Crippen LogP contribution in [0.2, 0.25) is 0 Å². The van der Waals surface area contributed by atoms with Gasteiger partial charge in [0, 0.05) is 15.8 Å². The lowest BCUT2D eigenvalue weighted by molar-refractivity contribution is -0.121. The molecule has 0 aliphatic heterocycles. The molecular formula is C19H23N3O2S. The van der Waals surface area contributed by atoms with Gasteiger partial charge < -0.3 is 11.1 Å². The average molecular weight is 357 g/mol. The highest BCUT2D eigenvalue weighted by atomic mass is 32.2. The van der Waals surface area contributed by atoms with E-state index in [1.54, 1.807) is 16.7 Å². The zero-order valence-corrected chi connectivity index (χ0v) is 15.3. The maximum absolute atomic E-state index is 12.4. The van der Waals surface area contributed by atoms with E-state index in [-0.39, 0.29) is 25.0 Å². The lowest BCUT2D eigenvalue weighted by atomic mass is 10.3. The van der Waals surface area contributed by atoms with Crippen LogP contribution in [0.25, 0.3) is 0 Å². The van der Waals surface area contributed by atoms with Gasteiger partial charge in [0.2, 0.25) is 11.8 Å². The van der Waals surface area contributed by atoms with Crippen molar-refractivity contribution >= 4 is 29.3 Å². The molecule has 0 aliphatic carbocycles. The fraction of sp³-hybridized carbons (Fsp3) is 0.263. The van der Waals surface area contributed by atoms with Gasteiger partial charge in [-0.25, -0.2) is 0 Å². The quantitative estimate of drug-likeness (QED) is 0.762. The number of hydrogen-bond acceptors (Lipinski definition) is 4. The van der Waals surface area contributed by atoms with Crippen molar-refractivity contribution in [3.63, 3.8) is 0 Å². The van der Waals surface area contributed by atoms with Crippen molar-refractivity contribution in [3.05, 3.63) is 54.6 Å². The van der Waals surface area contributed by atoms with Crippen molar-refractivity contribution in [2.45, 2.75) is 29.7 Å². The van der Waals surface area contributed by atoms with Crippen LogP contribution in [0, 0.1) is 0 Å². The zero-order valence-electron chi connectivity index (χ0n) is 14.4. The molecule has 0 spiro atoms. The number of primary amides is 1. The number of hydrogen-bond donors (Lipinski definition) is 2. The molecule has 0 bridgehead atoms. The normalized spacial score (nSPS) is 10.9. The van der Waals surface area contributed by atoms with Crippen molar-refractivity contribution in [1.82, 2.24) is 4.90 Å². The molecule has 2 aromatic carbocycles. The molecule has 0 heterocycles. The van der Waals surface area contributed by atoms with Crippen molar-refractivity contribution in [1.29, 1.82) is 0 Å². The lowest BCUT2D eigenvalue weighted by Gasteiger charge is -2.24. The minimum Gasteiger partial charge on any atom is -0.369 e. The smallest absolute Gasteiger partial charge is 0.238 e. The third kappa shape index (κ3) is 6.25. The van der Waals surface area contributed by atoms with Crippen molar-refractivity contribution in [2.24, 2.45) is 5.73 Å². The van der Waals surface area contributed by atoms with Gasteiger partial charge in [0.15, 0.2) is 0 Å². The van der Waals surface area contributed by atoms with Gasteiger partial charge in [-0.1, -0.05) is 42.1 Å². The van der Waals surface area contributed by atoms with Gasteiger partial charge in [-0.15, -0.1) is 0 Å². The second-order valence-electron chi connectivity index (χ2n) is 5.92. The molecular weight excluding hydrogens is 334 g/mol. The van der Waals surface area contributed by atoms with E-state index in [1.165, 1.54) is 0 Å². The van der Waals surface area contributed by atoms with E-state index in [0.29, 0.717) is 0 Å². The number of anilines is 1. The second-order valence-corrected chi connectivity index (χ2v) is 7.04. The Balaban J connectivity index is 2.06. The minimum absolute atomic E-state index is 0.0483. The summed E-state index contributed by atoms with van der Waals surface area (Å²) in [5.41, 5.74) is 6.01. The van der Waals surface area contributed by atoms with Gasteiger partial charge in [-0.2, -0.15) is 0 Å². The third-order valence-corrected chi connectivity index (χ3v) is 4.65. The van der Waals surface area contributed by atoms with Gasteiger partial charge in [0.25, 0.3) is 0 Å². The molecule has 2 amide bonds. The van der Waals surface area contributed by atoms with E-state index in [2.05, 4.69) is 5.32 Å². The summed E-state index contributed by atoms with van der Waals surface area (Å²) < 4.78 is 0. The van der Waals surface area contributed by atoms with E-state index in [4.69, 9.17) is 5.73 Å². The van der Waals surface area contributed by atoms with Crippen LogP contribution in [-0.4, -0.2) is 35.8 Å². The van der Waals surface area contributed by atoms with Gasteiger partial charge in [0.1, 0.15) is 0 Å².